The Hall–Kier alpha value is -1.06. The van der Waals surface area contributed by atoms with E-state index in [2.05, 4.69) is 0 Å². The topological polar surface area (TPSA) is 44.5 Å². The highest BCUT2D eigenvalue weighted by Crippen LogP contribution is 2.27. The average molecular weight is 181 g/mol. The molecule has 0 spiro atoms. The Morgan fingerprint density at radius 2 is 2.08 bits per heavy atom. The van der Waals surface area contributed by atoms with Crippen LogP contribution in [-0.2, 0) is 4.84 Å². The quantitative estimate of drug-likeness (QED) is 0.725. The van der Waals surface area contributed by atoms with Crippen LogP contribution in [0.1, 0.15) is 24.2 Å². The van der Waals surface area contributed by atoms with Crippen LogP contribution >= 0.6 is 0 Å². The van der Waals surface area contributed by atoms with Crippen LogP contribution in [0.4, 0.5) is 0 Å². The van der Waals surface area contributed by atoms with E-state index in [0.29, 0.717) is 0 Å². The molecule has 0 saturated heterocycles. The van der Waals surface area contributed by atoms with Crippen molar-refractivity contribution < 1.29 is 9.57 Å². The predicted octanol–water partition coefficient (Wildman–Crippen LogP) is 1.95. The van der Waals surface area contributed by atoms with E-state index in [9.17, 15) is 0 Å². The molecular formula is C10H15NO2. The number of aryl methyl sites for hydroxylation is 1. The molecule has 0 radical (unpaired) electrons. The fraction of sp³-hybridized carbons (Fsp3) is 0.400. The Morgan fingerprint density at radius 1 is 1.38 bits per heavy atom. The number of hydrogen-bond acceptors (Lipinski definition) is 3. The van der Waals surface area contributed by atoms with E-state index < -0.39 is 0 Å². The summed E-state index contributed by atoms with van der Waals surface area (Å²) in [6.45, 7) is 3.90. The zero-order chi connectivity index (χ0) is 9.84. The standard InChI is InChI=1S/C10H15NO2/c1-7-4-5-9(8(2)13-11)10(6-7)12-3/h4-6,8H,11H2,1-3H3. The lowest BCUT2D eigenvalue weighted by atomic mass is 10.1. The summed E-state index contributed by atoms with van der Waals surface area (Å²) in [4.78, 5) is 4.74. The molecule has 0 aromatic heterocycles. The zero-order valence-electron chi connectivity index (χ0n) is 8.20. The maximum Gasteiger partial charge on any atom is 0.124 e. The second-order valence-corrected chi connectivity index (χ2v) is 3.02. The van der Waals surface area contributed by atoms with Gasteiger partial charge in [-0.2, -0.15) is 0 Å². The van der Waals surface area contributed by atoms with Gasteiger partial charge >= 0.3 is 0 Å². The first kappa shape index (κ1) is 10.0. The normalized spacial score (nSPS) is 12.6. The lowest BCUT2D eigenvalue weighted by Crippen LogP contribution is -2.06. The molecule has 1 unspecified atom stereocenters. The molecule has 0 amide bonds. The van der Waals surface area contributed by atoms with Crippen LogP contribution < -0.4 is 10.6 Å². The second kappa shape index (κ2) is 4.25. The number of benzene rings is 1. The molecule has 1 aromatic carbocycles. The monoisotopic (exact) mass is 181 g/mol. The van der Waals surface area contributed by atoms with Gasteiger partial charge in [-0.05, 0) is 25.5 Å². The van der Waals surface area contributed by atoms with Crippen LogP contribution in [0.5, 0.6) is 5.75 Å². The molecule has 0 aliphatic rings. The van der Waals surface area contributed by atoms with Gasteiger partial charge in [-0.1, -0.05) is 12.1 Å². The number of rotatable bonds is 3. The van der Waals surface area contributed by atoms with E-state index in [-0.39, 0.29) is 6.10 Å². The van der Waals surface area contributed by atoms with E-state index in [1.165, 1.54) is 0 Å². The summed E-state index contributed by atoms with van der Waals surface area (Å²) >= 11 is 0. The van der Waals surface area contributed by atoms with Crippen molar-refractivity contribution in [1.29, 1.82) is 0 Å². The van der Waals surface area contributed by atoms with Gasteiger partial charge < -0.3 is 4.74 Å². The van der Waals surface area contributed by atoms with Crippen LogP contribution in [0.3, 0.4) is 0 Å². The van der Waals surface area contributed by atoms with Gasteiger partial charge in [-0.3, -0.25) is 4.84 Å². The zero-order valence-corrected chi connectivity index (χ0v) is 8.20. The van der Waals surface area contributed by atoms with Crippen molar-refractivity contribution in [3.05, 3.63) is 29.3 Å². The van der Waals surface area contributed by atoms with Crippen molar-refractivity contribution in [3.63, 3.8) is 0 Å². The van der Waals surface area contributed by atoms with Crippen LogP contribution in [0.15, 0.2) is 18.2 Å². The van der Waals surface area contributed by atoms with Crippen molar-refractivity contribution >= 4 is 0 Å². The Kier molecular flexibility index (Phi) is 3.28. The molecule has 72 valence electrons. The molecule has 3 nitrogen and oxygen atoms in total. The smallest absolute Gasteiger partial charge is 0.124 e. The third-order valence-corrected chi connectivity index (χ3v) is 2.03. The maximum atomic E-state index is 5.21. The summed E-state index contributed by atoms with van der Waals surface area (Å²) in [6, 6.07) is 5.93. The first-order valence-electron chi connectivity index (χ1n) is 4.19. The lowest BCUT2D eigenvalue weighted by Gasteiger charge is -2.13. The summed E-state index contributed by atoms with van der Waals surface area (Å²) in [5, 5.41) is 0. The summed E-state index contributed by atoms with van der Waals surface area (Å²) in [5.74, 6) is 5.93. The van der Waals surface area contributed by atoms with Gasteiger partial charge in [0.25, 0.3) is 0 Å². The first-order valence-corrected chi connectivity index (χ1v) is 4.19. The van der Waals surface area contributed by atoms with Crippen LogP contribution in [0.25, 0.3) is 0 Å². The summed E-state index contributed by atoms with van der Waals surface area (Å²) < 4.78 is 5.21. The molecule has 1 atom stereocenters. The van der Waals surface area contributed by atoms with Gasteiger partial charge in [-0.15, -0.1) is 0 Å². The van der Waals surface area contributed by atoms with E-state index in [0.717, 1.165) is 16.9 Å². The fourth-order valence-corrected chi connectivity index (χ4v) is 1.23. The Morgan fingerprint density at radius 3 is 2.62 bits per heavy atom. The SMILES string of the molecule is COc1cc(C)ccc1C(C)ON. The number of methoxy groups -OCH3 is 1. The molecule has 0 fully saturated rings. The number of nitrogens with two attached hydrogens (primary N) is 1. The highest BCUT2D eigenvalue weighted by molar-refractivity contribution is 5.38. The summed E-state index contributed by atoms with van der Waals surface area (Å²) in [5.41, 5.74) is 2.13. The second-order valence-electron chi connectivity index (χ2n) is 3.02. The van der Waals surface area contributed by atoms with Gasteiger partial charge in [0.05, 0.1) is 7.11 Å². The number of hydrogen-bond donors (Lipinski definition) is 1. The van der Waals surface area contributed by atoms with Crippen molar-refractivity contribution in [2.75, 3.05) is 7.11 Å². The maximum absolute atomic E-state index is 5.21. The van der Waals surface area contributed by atoms with Gasteiger partial charge in [0, 0.05) is 5.56 Å². The Balaban J connectivity index is 3.05. The molecule has 2 N–H and O–H groups in total. The first-order chi connectivity index (χ1) is 6.19. The molecule has 1 aromatic rings. The van der Waals surface area contributed by atoms with Crippen LogP contribution in [0.2, 0.25) is 0 Å². The molecule has 0 aliphatic heterocycles. The minimum absolute atomic E-state index is 0.143. The molecule has 3 heteroatoms. The largest absolute Gasteiger partial charge is 0.496 e. The molecule has 1 rings (SSSR count). The molecular weight excluding hydrogens is 166 g/mol. The van der Waals surface area contributed by atoms with Crippen molar-refractivity contribution in [3.8, 4) is 5.75 Å². The van der Waals surface area contributed by atoms with E-state index in [4.69, 9.17) is 15.5 Å². The third kappa shape index (κ3) is 2.20. The van der Waals surface area contributed by atoms with Gasteiger partial charge in [0.2, 0.25) is 0 Å². The van der Waals surface area contributed by atoms with Gasteiger partial charge in [0.1, 0.15) is 11.9 Å². The molecule has 0 aliphatic carbocycles. The molecule has 0 heterocycles. The minimum atomic E-state index is -0.143. The Labute approximate surface area is 78.4 Å². The van der Waals surface area contributed by atoms with Crippen LogP contribution in [-0.4, -0.2) is 7.11 Å². The minimum Gasteiger partial charge on any atom is -0.496 e. The van der Waals surface area contributed by atoms with E-state index in [1.54, 1.807) is 7.11 Å². The van der Waals surface area contributed by atoms with Gasteiger partial charge in [0.15, 0.2) is 0 Å². The fourth-order valence-electron chi connectivity index (χ4n) is 1.23. The predicted molar refractivity (Wildman–Crippen MR) is 51.4 cm³/mol. The van der Waals surface area contributed by atoms with Crippen LogP contribution in [0, 0.1) is 6.92 Å². The highest BCUT2D eigenvalue weighted by Gasteiger charge is 2.10. The van der Waals surface area contributed by atoms with E-state index >= 15 is 0 Å². The molecule has 13 heavy (non-hydrogen) atoms. The molecule has 0 bridgehead atoms. The molecule has 0 saturated carbocycles. The summed E-state index contributed by atoms with van der Waals surface area (Å²) in [7, 11) is 1.64. The lowest BCUT2D eigenvalue weighted by molar-refractivity contribution is 0.0646. The number of ether oxygens (including phenoxy) is 1. The van der Waals surface area contributed by atoms with Gasteiger partial charge in [-0.25, -0.2) is 5.90 Å². The Bertz CT molecular complexity index is 286. The van der Waals surface area contributed by atoms with Crippen molar-refractivity contribution in [2.45, 2.75) is 20.0 Å². The highest BCUT2D eigenvalue weighted by atomic mass is 16.6. The van der Waals surface area contributed by atoms with Crippen molar-refractivity contribution in [1.82, 2.24) is 0 Å². The summed E-state index contributed by atoms with van der Waals surface area (Å²) in [6.07, 6.45) is -0.143. The van der Waals surface area contributed by atoms with E-state index in [1.807, 2.05) is 32.0 Å². The third-order valence-electron chi connectivity index (χ3n) is 2.03. The van der Waals surface area contributed by atoms with Crippen molar-refractivity contribution in [2.24, 2.45) is 5.90 Å². The average Bonchev–Trinajstić information content (AvgIpc) is 2.16.